The Morgan fingerprint density at radius 3 is 2.44 bits per heavy atom. The topological polar surface area (TPSA) is 79.1 Å². The van der Waals surface area contributed by atoms with Gasteiger partial charge >= 0.3 is 12.1 Å². The number of halogens is 5. The van der Waals surface area contributed by atoms with Crippen LogP contribution in [0.3, 0.4) is 0 Å². The van der Waals surface area contributed by atoms with Crippen LogP contribution in [0.1, 0.15) is 31.0 Å². The Bertz CT molecular complexity index is 1630. The summed E-state index contributed by atoms with van der Waals surface area (Å²) in [7, 11) is 1.43. The van der Waals surface area contributed by atoms with Crippen molar-refractivity contribution in [2.24, 2.45) is 4.99 Å². The number of carbonyl (C=O) groups is 1. The van der Waals surface area contributed by atoms with Crippen molar-refractivity contribution >= 4 is 46.6 Å². The van der Waals surface area contributed by atoms with E-state index in [4.69, 9.17) is 37.4 Å². The lowest BCUT2D eigenvalue weighted by atomic mass is 9.95. The number of allylic oxidation sites excluding steroid dienone is 1. The van der Waals surface area contributed by atoms with Gasteiger partial charge in [-0.05, 0) is 55.3 Å². The monoisotopic (exact) mass is 600 g/mol. The molecule has 0 saturated heterocycles. The molecule has 1 aliphatic rings. The molecule has 1 atom stereocenters. The second-order valence-corrected chi connectivity index (χ2v) is 9.93. The van der Waals surface area contributed by atoms with Crippen LogP contribution in [0.15, 0.2) is 57.5 Å². The molecule has 2 heterocycles. The van der Waals surface area contributed by atoms with E-state index in [9.17, 15) is 22.8 Å². The van der Waals surface area contributed by atoms with Crippen LogP contribution in [-0.4, -0.2) is 37.0 Å². The van der Waals surface area contributed by atoms with Crippen LogP contribution in [-0.2, 0) is 9.53 Å². The molecule has 0 aliphatic carbocycles. The molecule has 0 amide bonds. The fourth-order valence-electron chi connectivity index (χ4n) is 4.08. The maximum atomic E-state index is 14.2. The molecular weight excluding hydrogens is 580 g/mol. The summed E-state index contributed by atoms with van der Waals surface area (Å²) in [6.07, 6.45) is -3.55. The summed E-state index contributed by atoms with van der Waals surface area (Å²) in [4.78, 5) is 30.1. The van der Waals surface area contributed by atoms with E-state index >= 15 is 0 Å². The Morgan fingerprint density at radius 1 is 1.15 bits per heavy atom. The van der Waals surface area contributed by atoms with E-state index in [1.807, 2.05) is 0 Å². The summed E-state index contributed by atoms with van der Waals surface area (Å²) in [6, 6.07) is 7.46. The lowest BCUT2D eigenvalue weighted by Crippen LogP contribution is -2.41. The molecule has 1 aromatic heterocycles. The fourth-order valence-corrected chi connectivity index (χ4v) is 5.51. The number of hydrogen-bond donors (Lipinski definition) is 0. The maximum Gasteiger partial charge on any atom is 0.434 e. The van der Waals surface area contributed by atoms with Crippen molar-refractivity contribution in [3.05, 3.63) is 88.5 Å². The highest BCUT2D eigenvalue weighted by Crippen LogP contribution is 2.39. The Labute approximate surface area is 234 Å². The van der Waals surface area contributed by atoms with E-state index in [1.54, 1.807) is 13.0 Å². The smallest absolute Gasteiger partial charge is 0.434 e. The molecule has 0 fully saturated rings. The van der Waals surface area contributed by atoms with Gasteiger partial charge in [0.15, 0.2) is 22.0 Å². The van der Waals surface area contributed by atoms with Gasteiger partial charge in [-0.15, -0.1) is 0 Å². The number of esters is 1. The summed E-state index contributed by atoms with van der Waals surface area (Å²) < 4.78 is 59.6. The summed E-state index contributed by atoms with van der Waals surface area (Å²) >= 11 is 13.1. The van der Waals surface area contributed by atoms with Crippen molar-refractivity contribution in [3.8, 4) is 11.5 Å². The van der Waals surface area contributed by atoms with Crippen LogP contribution < -0.4 is 24.4 Å². The minimum absolute atomic E-state index is 0.0584. The van der Waals surface area contributed by atoms with Gasteiger partial charge in [0.25, 0.3) is 5.56 Å². The van der Waals surface area contributed by atoms with Crippen LogP contribution in [0.4, 0.5) is 13.2 Å². The highest BCUT2D eigenvalue weighted by molar-refractivity contribution is 7.07. The van der Waals surface area contributed by atoms with Gasteiger partial charge in [0.05, 0.1) is 41.5 Å². The molecule has 0 spiro atoms. The molecule has 206 valence electrons. The van der Waals surface area contributed by atoms with Gasteiger partial charge in [-0.25, -0.2) is 9.79 Å². The molecule has 39 heavy (non-hydrogen) atoms. The number of benzene rings is 2. The Balaban J connectivity index is 2.02. The minimum atomic E-state index is -5.00. The van der Waals surface area contributed by atoms with Gasteiger partial charge in [0, 0.05) is 5.02 Å². The first kappa shape index (κ1) is 28.7. The molecular formula is C26H21Cl2F3N2O5S. The van der Waals surface area contributed by atoms with Crippen LogP contribution in [0.5, 0.6) is 11.5 Å². The Morgan fingerprint density at radius 2 is 1.85 bits per heavy atom. The highest BCUT2D eigenvalue weighted by Gasteiger charge is 2.45. The fraction of sp³-hybridized carbons (Fsp3) is 0.269. The zero-order valence-corrected chi connectivity index (χ0v) is 23.1. The van der Waals surface area contributed by atoms with Crippen LogP contribution >= 0.6 is 34.5 Å². The zero-order chi connectivity index (χ0) is 28.5. The number of carbonyl (C=O) groups excluding carboxylic acids is 1. The van der Waals surface area contributed by atoms with Gasteiger partial charge in [0.2, 0.25) is 0 Å². The Kier molecular flexibility index (Phi) is 8.43. The van der Waals surface area contributed by atoms with Gasteiger partial charge in [-0.3, -0.25) is 9.36 Å². The van der Waals surface area contributed by atoms with Gasteiger partial charge in [0.1, 0.15) is 0 Å². The zero-order valence-electron chi connectivity index (χ0n) is 20.8. The van der Waals surface area contributed by atoms with Crippen molar-refractivity contribution in [3.63, 3.8) is 0 Å². The summed E-state index contributed by atoms with van der Waals surface area (Å²) in [5.41, 5.74) is -2.22. The molecule has 0 radical (unpaired) electrons. The number of rotatable bonds is 7. The number of thiazole rings is 1. The van der Waals surface area contributed by atoms with Crippen molar-refractivity contribution in [2.45, 2.75) is 26.1 Å². The number of aromatic nitrogens is 1. The van der Waals surface area contributed by atoms with Crippen molar-refractivity contribution in [1.82, 2.24) is 4.57 Å². The number of alkyl halides is 3. The van der Waals surface area contributed by atoms with Crippen LogP contribution in [0, 0.1) is 0 Å². The molecule has 2 aromatic carbocycles. The first-order valence-corrected chi connectivity index (χ1v) is 13.1. The van der Waals surface area contributed by atoms with E-state index in [2.05, 4.69) is 4.99 Å². The molecule has 7 nitrogen and oxygen atoms in total. The normalized spacial score (nSPS) is 15.6. The average molecular weight is 601 g/mol. The summed E-state index contributed by atoms with van der Waals surface area (Å²) in [6.45, 7) is 3.38. The SMILES string of the molecule is CCOC(=O)C1=C(C(F)(F)F)N=c2s/c(=C\c3cc(Cl)c(OC)c(OCC)c3)c(=O)n2[C@@H]1c1ccc(Cl)cc1. The third kappa shape index (κ3) is 5.70. The quantitative estimate of drug-likeness (QED) is 0.354. The number of methoxy groups -OCH3 is 1. The third-order valence-corrected chi connectivity index (χ3v) is 7.13. The highest BCUT2D eigenvalue weighted by atomic mass is 35.5. The van der Waals surface area contributed by atoms with Crippen molar-refractivity contribution < 1.29 is 32.2 Å². The minimum Gasteiger partial charge on any atom is -0.491 e. The first-order chi connectivity index (χ1) is 18.5. The van der Waals surface area contributed by atoms with Crippen LogP contribution in [0.2, 0.25) is 10.0 Å². The second kappa shape index (κ2) is 11.4. The third-order valence-electron chi connectivity index (χ3n) is 5.61. The lowest BCUT2D eigenvalue weighted by Gasteiger charge is -2.26. The van der Waals surface area contributed by atoms with Gasteiger partial charge in [-0.2, -0.15) is 13.2 Å². The molecule has 0 bridgehead atoms. The van der Waals surface area contributed by atoms with E-state index in [1.165, 1.54) is 50.4 Å². The molecule has 0 N–H and O–H groups in total. The largest absolute Gasteiger partial charge is 0.491 e. The van der Waals surface area contributed by atoms with Crippen LogP contribution in [0.25, 0.3) is 6.08 Å². The second-order valence-electron chi connectivity index (χ2n) is 8.08. The standard InChI is InChI=1S/C26H21Cl2F3N2O5S/c1-4-37-17-11-13(10-16(28)21(17)36-3)12-18-23(34)33-20(14-6-8-15(27)9-7-14)19(24(35)38-5-2)22(26(29,30)31)32-25(33)39-18/h6-12,20H,4-5H2,1-3H3/b18-12-/t20-/m1/s1. The van der Waals surface area contributed by atoms with E-state index in [0.717, 1.165) is 15.9 Å². The summed E-state index contributed by atoms with van der Waals surface area (Å²) in [5, 5.41) is 0.538. The molecule has 4 rings (SSSR count). The first-order valence-electron chi connectivity index (χ1n) is 11.6. The predicted octanol–water partition coefficient (Wildman–Crippen LogP) is 5.05. The molecule has 0 saturated carbocycles. The van der Waals surface area contributed by atoms with Gasteiger partial charge < -0.3 is 14.2 Å². The number of nitrogens with zero attached hydrogens (tertiary/aromatic N) is 2. The number of hydrogen-bond acceptors (Lipinski definition) is 7. The van der Waals surface area contributed by atoms with Gasteiger partial charge in [-0.1, -0.05) is 46.7 Å². The maximum absolute atomic E-state index is 14.2. The molecule has 13 heteroatoms. The summed E-state index contributed by atoms with van der Waals surface area (Å²) in [5.74, 6) is -0.602. The van der Waals surface area contributed by atoms with E-state index < -0.39 is 35.0 Å². The van der Waals surface area contributed by atoms with Crippen molar-refractivity contribution in [1.29, 1.82) is 0 Å². The number of ether oxygens (including phenoxy) is 3. The average Bonchev–Trinajstić information content (AvgIpc) is 3.18. The number of fused-ring (bicyclic) bond motifs is 1. The molecule has 0 unspecified atom stereocenters. The van der Waals surface area contributed by atoms with Crippen molar-refractivity contribution in [2.75, 3.05) is 20.3 Å². The molecule has 1 aliphatic heterocycles. The Hall–Kier alpha value is -3.28. The van der Waals surface area contributed by atoms with E-state index in [0.29, 0.717) is 28.7 Å². The lowest BCUT2D eigenvalue weighted by molar-refractivity contribution is -0.140. The van der Waals surface area contributed by atoms with E-state index in [-0.39, 0.29) is 26.5 Å². The predicted molar refractivity (Wildman–Crippen MR) is 141 cm³/mol. The molecule has 3 aromatic rings.